The molecule has 3 N–H and O–H groups in total. The van der Waals surface area contributed by atoms with Crippen LogP contribution in [0, 0.1) is 0 Å². The summed E-state index contributed by atoms with van der Waals surface area (Å²) in [5, 5.41) is 18.5. The van der Waals surface area contributed by atoms with Crippen molar-refractivity contribution in [2.45, 2.75) is 32.6 Å². The van der Waals surface area contributed by atoms with Crippen molar-refractivity contribution in [2.24, 2.45) is 0 Å². The van der Waals surface area contributed by atoms with Crippen LogP contribution in [0.2, 0.25) is 0 Å². The van der Waals surface area contributed by atoms with Crippen molar-refractivity contribution in [3.05, 3.63) is 30.1 Å². The number of anilines is 1. The average molecular weight is 317 g/mol. The molecule has 7 nitrogen and oxygen atoms in total. The summed E-state index contributed by atoms with van der Waals surface area (Å²) >= 11 is 0. The van der Waals surface area contributed by atoms with Crippen LogP contribution in [-0.4, -0.2) is 38.9 Å². The van der Waals surface area contributed by atoms with Gasteiger partial charge in [0.15, 0.2) is 5.65 Å². The summed E-state index contributed by atoms with van der Waals surface area (Å²) in [5.74, 6) is 0.744. The van der Waals surface area contributed by atoms with E-state index in [1.165, 1.54) is 12.8 Å². The maximum absolute atomic E-state index is 10.4. The van der Waals surface area contributed by atoms with Gasteiger partial charge in [-0.1, -0.05) is 25.8 Å². The second kappa shape index (κ2) is 8.77. The predicted octanol–water partition coefficient (Wildman–Crippen LogP) is 3.00. The Morgan fingerprint density at radius 3 is 3.00 bits per heavy atom. The SMILES string of the molecule is CCCCC=Cc1cnc2ccc(NCCCNC(=O)O)nn12. The Kier molecular flexibility index (Phi) is 6.40. The van der Waals surface area contributed by atoms with E-state index in [1.54, 1.807) is 4.52 Å². The molecule has 0 aliphatic rings. The molecule has 7 heteroatoms. The van der Waals surface area contributed by atoms with Crippen LogP contribution in [-0.2, 0) is 0 Å². The summed E-state index contributed by atoms with van der Waals surface area (Å²) in [6.07, 6.45) is 9.11. The Balaban J connectivity index is 1.94. The average Bonchev–Trinajstić information content (AvgIpc) is 2.93. The number of fused-ring (bicyclic) bond motifs is 1. The lowest BCUT2D eigenvalue weighted by Gasteiger charge is -2.06. The molecule has 0 radical (unpaired) electrons. The molecule has 2 aromatic heterocycles. The number of allylic oxidation sites excluding steroid dienone is 1. The molecule has 2 heterocycles. The molecule has 0 atom stereocenters. The van der Waals surface area contributed by atoms with E-state index in [0.717, 1.165) is 23.6 Å². The zero-order valence-corrected chi connectivity index (χ0v) is 13.3. The molecular weight excluding hydrogens is 294 g/mol. The van der Waals surface area contributed by atoms with Crippen LogP contribution < -0.4 is 10.6 Å². The van der Waals surface area contributed by atoms with E-state index < -0.39 is 6.09 Å². The van der Waals surface area contributed by atoms with E-state index in [4.69, 9.17) is 5.11 Å². The number of nitrogens with zero attached hydrogens (tertiary/aromatic N) is 3. The first-order chi connectivity index (χ1) is 11.2. The Labute approximate surface area is 135 Å². The highest BCUT2D eigenvalue weighted by atomic mass is 16.4. The summed E-state index contributed by atoms with van der Waals surface area (Å²) in [4.78, 5) is 14.7. The first-order valence-corrected chi connectivity index (χ1v) is 7.92. The third-order valence-electron chi connectivity index (χ3n) is 3.34. The molecule has 0 fully saturated rings. The van der Waals surface area contributed by atoms with Gasteiger partial charge in [0.25, 0.3) is 0 Å². The van der Waals surface area contributed by atoms with Crippen molar-refractivity contribution >= 4 is 23.6 Å². The molecule has 2 aromatic rings. The molecule has 0 unspecified atom stereocenters. The lowest BCUT2D eigenvalue weighted by atomic mass is 10.2. The molecule has 2 rings (SSSR count). The highest BCUT2D eigenvalue weighted by Gasteiger charge is 2.03. The number of carbonyl (C=O) groups is 1. The fourth-order valence-electron chi connectivity index (χ4n) is 2.13. The van der Waals surface area contributed by atoms with Crippen LogP contribution in [0.1, 0.15) is 38.3 Å². The van der Waals surface area contributed by atoms with Gasteiger partial charge in [-0.3, -0.25) is 0 Å². The molecule has 23 heavy (non-hydrogen) atoms. The van der Waals surface area contributed by atoms with Crippen molar-refractivity contribution in [1.29, 1.82) is 0 Å². The van der Waals surface area contributed by atoms with Crippen LogP contribution in [0.15, 0.2) is 24.4 Å². The third-order valence-corrected chi connectivity index (χ3v) is 3.34. The number of aromatic nitrogens is 3. The van der Waals surface area contributed by atoms with Crippen molar-refractivity contribution in [3.63, 3.8) is 0 Å². The second-order valence-corrected chi connectivity index (χ2v) is 5.23. The third kappa shape index (κ3) is 5.28. The van der Waals surface area contributed by atoms with Gasteiger partial charge in [0.2, 0.25) is 0 Å². The minimum Gasteiger partial charge on any atom is -0.465 e. The monoisotopic (exact) mass is 317 g/mol. The predicted molar refractivity (Wildman–Crippen MR) is 90.7 cm³/mol. The van der Waals surface area contributed by atoms with Gasteiger partial charge in [0.05, 0.1) is 11.9 Å². The van der Waals surface area contributed by atoms with E-state index in [0.29, 0.717) is 19.5 Å². The number of carboxylic acid groups (broad SMARTS) is 1. The molecular formula is C16H23N5O2. The summed E-state index contributed by atoms with van der Waals surface area (Å²) in [7, 11) is 0. The fourth-order valence-corrected chi connectivity index (χ4v) is 2.13. The topological polar surface area (TPSA) is 91.5 Å². The molecule has 0 aliphatic heterocycles. The summed E-state index contributed by atoms with van der Waals surface area (Å²) in [6, 6.07) is 3.78. The number of unbranched alkanes of at least 4 members (excludes halogenated alkanes) is 2. The van der Waals surface area contributed by atoms with Gasteiger partial charge < -0.3 is 15.7 Å². The maximum atomic E-state index is 10.4. The van der Waals surface area contributed by atoms with E-state index in [2.05, 4.69) is 33.7 Å². The van der Waals surface area contributed by atoms with Crippen molar-refractivity contribution in [1.82, 2.24) is 19.9 Å². The number of imidazole rings is 1. The smallest absolute Gasteiger partial charge is 0.404 e. The van der Waals surface area contributed by atoms with Crippen LogP contribution in [0.4, 0.5) is 10.6 Å². The maximum Gasteiger partial charge on any atom is 0.404 e. The van der Waals surface area contributed by atoms with Gasteiger partial charge in [0.1, 0.15) is 5.82 Å². The molecule has 0 aromatic carbocycles. The van der Waals surface area contributed by atoms with Gasteiger partial charge in [-0.05, 0) is 31.1 Å². The van der Waals surface area contributed by atoms with Gasteiger partial charge in [-0.15, -0.1) is 5.10 Å². The molecule has 1 amide bonds. The van der Waals surface area contributed by atoms with Gasteiger partial charge in [0, 0.05) is 13.1 Å². The molecule has 0 bridgehead atoms. The number of nitrogens with one attached hydrogen (secondary N) is 2. The Morgan fingerprint density at radius 1 is 1.35 bits per heavy atom. The quantitative estimate of drug-likeness (QED) is 0.618. The van der Waals surface area contributed by atoms with Crippen LogP contribution >= 0.6 is 0 Å². The van der Waals surface area contributed by atoms with Crippen LogP contribution in [0.5, 0.6) is 0 Å². The fraction of sp³-hybridized carbons (Fsp3) is 0.438. The highest BCUT2D eigenvalue weighted by Crippen LogP contribution is 2.11. The largest absolute Gasteiger partial charge is 0.465 e. The summed E-state index contributed by atoms with van der Waals surface area (Å²) < 4.78 is 1.81. The second-order valence-electron chi connectivity index (χ2n) is 5.23. The molecule has 0 saturated carbocycles. The van der Waals surface area contributed by atoms with E-state index in [-0.39, 0.29) is 0 Å². The Hall–Kier alpha value is -2.57. The number of rotatable bonds is 9. The number of hydrogen-bond acceptors (Lipinski definition) is 4. The molecule has 0 spiro atoms. The zero-order chi connectivity index (χ0) is 16.5. The summed E-state index contributed by atoms with van der Waals surface area (Å²) in [5.41, 5.74) is 1.76. The van der Waals surface area contributed by atoms with Crippen molar-refractivity contribution in [2.75, 3.05) is 18.4 Å². The minimum atomic E-state index is -0.998. The van der Waals surface area contributed by atoms with E-state index in [1.807, 2.05) is 24.4 Å². The first kappa shape index (κ1) is 16.8. The zero-order valence-electron chi connectivity index (χ0n) is 13.3. The lowest BCUT2D eigenvalue weighted by molar-refractivity contribution is 0.194. The standard InChI is InChI=1S/C16H23N5O2/c1-2-3-4-5-7-13-12-19-15-9-8-14(20-21(13)15)17-10-6-11-18-16(22)23/h5,7-9,12,18H,2-4,6,10-11H2,1H3,(H,17,20)(H,22,23). The first-order valence-electron chi connectivity index (χ1n) is 7.92. The van der Waals surface area contributed by atoms with Crippen molar-refractivity contribution in [3.8, 4) is 0 Å². The van der Waals surface area contributed by atoms with Gasteiger partial charge >= 0.3 is 6.09 Å². The minimum absolute atomic E-state index is 0.418. The molecule has 0 saturated heterocycles. The van der Waals surface area contributed by atoms with Crippen LogP contribution in [0.3, 0.4) is 0 Å². The van der Waals surface area contributed by atoms with Gasteiger partial charge in [-0.25, -0.2) is 14.3 Å². The number of hydrogen-bond donors (Lipinski definition) is 3. The summed E-state index contributed by atoms with van der Waals surface area (Å²) in [6.45, 7) is 3.24. The highest BCUT2D eigenvalue weighted by molar-refractivity contribution is 5.64. The molecule has 124 valence electrons. The Morgan fingerprint density at radius 2 is 2.22 bits per heavy atom. The van der Waals surface area contributed by atoms with Crippen molar-refractivity contribution < 1.29 is 9.90 Å². The molecule has 0 aliphatic carbocycles. The van der Waals surface area contributed by atoms with E-state index in [9.17, 15) is 4.79 Å². The van der Waals surface area contributed by atoms with Gasteiger partial charge in [-0.2, -0.15) is 0 Å². The normalized spacial score (nSPS) is 11.2. The van der Waals surface area contributed by atoms with Crippen LogP contribution in [0.25, 0.3) is 11.7 Å². The van der Waals surface area contributed by atoms with E-state index >= 15 is 0 Å². The lowest BCUT2D eigenvalue weighted by Crippen LogP contribution is -2.23. The Bertz CT molecular complexity index is 666. The number of amides is 1.